The Labute approximate surface area is 179 Å². The van der Waals surface area contributed by atoms with E-state index >= 15 is 0 Å². The number of benzene rings is 2. The molecule has 156 valence electrons. The molecule has 2 N–H and O–H groups in total. The van der Waals surface area contributed by atoms with Crippen molar-refractivity contribution in [1.82, 2.24) is 5.32 Å². The van der Waals surface area contributed by atoms with Crippen molar-refractivity contribution in [2.24, 2.45) is 0 Å². The van der Waals surface area contributed by atoms with Crippen LogP contribution in [0, 0.1) is 0 Å². The number of carbonyl (C=O) groups excluding carboxylic acids is 1. The highest BCUT2D eigenvalue weighted by Gasteiger charge is 2.09. The Morgan fingerprint density at radius 1 is 0.966 bits per heavy atom. The number of ether oxygens (including phenoxy) is 1. The van der Waals surface area contributed by atoms with Gasteiger partial charge in [-0.1, -0.05) is 19.8 Å². The largest absolute Gasteiger partial charge is 0.494 e. The van der Waals surface area contributed by atoms with Crippen molar-refractivity contribution >= 4 is 34.6 Å². The molecule has 2 aromatic rings. The molecule has 0 aliphatic heterocycles. The van der Waals surface area contributed by atoms with Crippen LogP contribution in [0.15, 0.2) is 48.5 Å². The van der Waals surface area contributed by atoms with Gasteiger partial charge in [0.25, 0.3) is 5.91 Å². The van der Waals surface area contributed by atoms with Crippen LogP contribution >= 0.6 is 12.2 Å². The minimum Gasteiger partial charge on any atom is -0.494 e. The first-order chi connectivity index (χ1) is 14.1. The second-order valence-electron chi connectivity index (χ2n) is 6.71. The molecule has 0 saturated heterocycles. The summed E-state index contributed by atoms with van der Waals surface area (Å²) in [5, 5.41) is 6.04. The van der Waals surface area contributed by atoms with E-state index in [0.29, 0.717) is 12.2 Å². The number of rotatable bonds is 10. The van der Waals surface area contributed by atoms with E-state index in [4.69, 9.17) is 17.0 Å². The van der Waals surface area contributed by atoms with Crippen molar-refractivity contribution in [2.75, 3.05) is 29.9 Å². The summed E-state index contributed by atoms with van der Waals surface area (Å²) in [7, 11) is 0. The van der Waals surface area contributed by atoms with Gasteiger partial charge in [-0.05, 0) is 81.0 Å². The molecule has 2 rings (SSSR count). The van der Waals surface area contributed by atoms with E-state index < -0.39 is 0 Å². The van der Waals surface area contributed by atoms with Crippen LogP contribution in [0.1, 0.15) is 50.4 Å². The lowest BCUT2D eigenvalue weighted by Gasteiger charge is -2.21. The van der Waals surface area contributed by atoms with Gasteiger partial charge in [0, 0.05) is 30.0 Å². The van der Waals surface area contributed by atoms with Gasteiger partial charge in [0.05, 0.1) is 6.61 Å². The Bertz CT molecular complexity index is 772. The van der Waals surface area contributed by atoms with E-state index in [1.54, 1.807) is 12.1 Å². The first-order valence-corrected chi connectivity index (χ1v) is 10.7. The fraction of sp³-hybridized carbons (Fsp3) is 0.391. The number of anilines is 2. The van der Waals surface area contributed by atoms with E-state index in [0.717, 1.165) is 49.5 Å². The molecule has 0 radical (unpaired) electrons. The number of amides is 1. The van der Waals surface area contributed by atoms with Crippen LogP contribution in [-0.4, -0.2) is 30.7 Å². The molecular weight excluding hydrogens is 382 g/mol. The number of unbranched alkanes of at least 4 members (excludes halogenated alkanes) is 2. The summed E-state index contributed by atoms with van der Waals surface area (Å²) in [6.45, 7) is 9.03. The fourth-order valence-electron chi connectivity index (χ4n) is 2.93. The van der Waals surface area contributed by atoms with E-state index in [2.05, 4.69) is 36.3 Å². The van der Waals surface area contributed by atoms with Crippen molar-refractivity contribution in [1.29, 1.82) is 0 Å². The fourth-order valence-corrected chi connectivity index (χ4v) is 3.14. The third-order valence-electron chi connectivity index (χ3n) is 4.61. The number of carbonyl (C=O) groups is 1. The Morgan fingerprint density at radius 3 is 2.21 bits per heavy atom. The first-order valence-electron chi connectivity index (χ1n) is 10.3. The molecule has 0 fully saturated rings. The van der Waals surface area contributed by atoms with Gasteiger partial charge in [-0.25, -0.2) is 0 Å². The van der Waals surface area contributed by atoms with Crippen LogP contribution in [0.3, 0.4) is 0 Å². The molecular formula is C23H31N3O2S. The molecule has 0 bridgehead atoms. The quantitative estimate of drug-likeness (QED) is 0.413. The molecule has 5 nitrogen and oxygen atoms in total. The molecule has 2 aromatic carbocycles. The van der Waals surface area contributed by atoms with Crippen LogP contribution < -0.4 is 20.3 Å². The normalized spacial score (nSPS) is 10.3. The first kappa shape index (κ1) is 22.7. The molecule has 29 heavy (non-hydrogen) atoms. The highest BCUT2D eigenvalue weighted by Crippen LogP contribution is 2.18. The Kier molecular flexibility index (Phi) is 9.44. The standard InChI is InChI=1S/C23H31N3O2S/c1-4-7-8-17-28-21-15-9-18(10-16-21)22(27)25-23(29)24-19-11-13-20(14-12-19)26(5-2)6-3/h9-16H,4-8,17H2,1-3H3,(H2,24,25,27,29). The Hall–Kier alpha value is -2.60. The van der Waals surface area contributed by atoms with Crippen LogP contribution in [0.4, 0.5) is 11.4 Å². The van der Waals surface area contributed by atoms with Crippen molar-refractivity contribution in [3.8, 4) is 5.75 Å². The van der Waals surface area contributed by atoms with E-state index in [1.165, 1.54) is 0 Å². The SMILES string of the molecule is CCCCCOc1ccc(C(=O)NC(=S)Nc2ccc(N(CC)CC)cc2)cc1. The van der Waals surface area contributed by atoms with Crippen molar-refractivity contribution in [3.63, 3.8) is 0 Å². The summed E-state index contributed by atoms with van der Waals surface area (Å²) in [5.41, 5.74) is 2.53. The average Bonchev–Trinajstić information content (AvgIpc) is 2.73. The predicted molar refractivity (Wildman–Crippen MR) is 125 cm³/mol. The highest BCUT2D eigenvalue weighted by atomic mass is 32.1. The lowest BCUT2D eigenvalue weighted by atomic mass is 10.2. The van der Waals surface area contributed by atoms with E-state index in [1.807, 2.05) is 36.4 Å². The number of nitrogens with zero attached hydrogens (tertiary/aromatic N) is 1. The minimum atomic E-state index is -0.250. The summed E-state index contributed by atoms with van der Waals surface area (Å²) >= 11 is 5.27. The predicted octanol–water partition coefficient (Wildman–Crippen LogP) is 5.23. The van der Waals surface area contributed by atoms with Gasteiger partial charge < -0.3 is 15.0 Å². The lowest BCUT2D eigenvalue weighted by molar-refractivity contribution is 0.0977. The second-order valence-corrected chi connectivity index (χ2v) is 7.12. The third kappa shape index (κ3) is 7.38. The van der Waals surface area contributed by atoms with E-state index in [9.17, 15) is 4.79 Å². The van der Waals surface area contributed by atoms with Gasteiger partial charge in [-0.3, -0.25) is 10.1 Å². The number of thiocarbonyl (C=S) groups is 1. The van der Waals surface area contributed by atoms with Crippen LogP contribution in [0.25, 0.3) is 0 Å². The zero-order valence-electron chi connectivity index (χ0n) is 17.5. The molecule has 0 saturated carbocycles. The summed E-state index contributed by atoms with van der Waals surface area (Å²) < 4.78 is 5.67. The maximum Gasteiger partial charge on any atom is 0.257 e. The minimum absolute atomic E-state index is 0.250. The molecule has 0 spiro atoms. The van der Waals surface area contributed by atoms with Gasteiger partial charge in [0.15, 0.2) is 5.11 Å². The van der Waals surface area contributed by atoms with Gasteiger partial charge in [-0.2, -0.15) is 0 Å². The summed E-state index contributed by atoms with van der Waals surface area (Å²) in [5.74, 6) is 0.520. The molecule has 6 heteroatoms. The number of hydrogen-bond acceptors (Lipinski definition) is 4. The number of nitrogens with one attached hydrogen (secondary N) is 2. The van der Waals surface area contributed by atoms with Crippen molar-refractivity contribution < 1.29 is 9.53 Å². The summed E-state index contributed by atoms with van der Waals surface area (Å²) in [6.07, 6.45) is 3.36. The molecule has 1 amide bonds. The highest BCUT2D eigenvalue weighted by molar-refractivity contribution is 7.80. The van der Waals surface area contributed by atoms with Gasteiger partial charge in [0.1, 0.15) is 5.75 Å². The monoisotopic (exact) mass is 413 g/mol. The Morgan fingerprint density at radius 2 is 1.62 bits per heavy atom. The van der Waals surface area contributed by atoms with Gasteiger partial charge in [0.2, 0.25) is 0 Å². The molecule has 0 aromatic heterocycles. The zero-order chi connectivity index (χ0) is 21.1. The van der Waals surface area contributed by atoms with Crippen molar-refractivity contribution in [3.05, 3.63) is 54.1 Å². The van der Waals surface area contributed by atoms with Crippen molar-refractivity contribution in [2.45, 2.75) is 40.0 Å². The molecule has 0 heterocycles. The summed E-state index contributed by atoms with van der Waals surface area (Å²) in [4.78, 5) is 14.7. The smallest absolute Gasteiger partial charge is 0.257 e. The van der Waals surface area contributed by atoms with Crippen LogP contribution in [0.2, 0.25) is 0 Å². The molecule has 0 aliphatic rings. The topological polar surface area (TPSA) is 53.6 Å². The van der Waals surface area contributed by atoms with Crippen LogP contribution in [0.5, 0.6) is 5.75 Å². The lowest BCUT2D eigenvalue weighted by Crippen LogP contribution is -2.34. The molecule has 0 aliphatic carbocycles. The average molecular weight is 414 g/mol. The van der Waals surface area contributed by atoms with Crippen LogP contribution in [-0.2, 0) is 0 Å². The summed E-state index contributed by atoms with van der Waals surface area (Å²) in [6, 6.07) is 15.1. The molecule has 0 atom stereocenters. The maximum atomic E-state index is 12.4. The maximum absolute atomic E-state index is 12.4. The Balaban J connectivity index is 1.84. The second kappa shape index (κ2) is 12.1. The van der Waals surface area contributed by atoms with Gasteiger partial charge >= 0.3 is 0 Å². The van der Waals surface area contributed by atoms with E-state index in [-0.39, 0.29) is 11.0 Å². The molecule has 0 unspecified atom stereocenters. The zero-order valence-corrected chi connectivity index (χ0v) is 18.3. The third-order valence-corrected chi connectivity index (χ3v) is 4.82. The number of hydrogen-bond donors (Lipinski definition) is 2. The van der Waals surface area contributed by atoms with Gasteiger partial charge in [-0.15, -0.1) is 0 Å².